The van der Waals surface area contributed by atoms with Gasteiger partial charge < -0.3 is 10.6 Å². The highest BCUT2D eigenvalue weighted by molar-refractivity contribution is 7.99. The van der Waals surface area contributed by atoms with Gasteiger partial charge in [-0.25, -0.2) is 0 Å². The zero-order valence-corrected chi connectivity index (χ0v) is 10.8. The molecule has 0 saturated carbocycles. The molecule has 7 nitrogen and oxygen atoms in total. The minimum Gasteiger partial charge on any atom is -0.368 e. The number of hydrogen-bond donors (Lipinski definition) is 1. The lowest BCUT2D eigenvalue weighted by Crippen LogP contribution is -2.46. The lowest BCUT2D eigenvalue weighted by atomic mass is 10.1. The van der Waals surface area contributed by atoms with Crippen LogP contribution in [0, 0.1) is 10.1 Å². The van der Waals surface area contributed by atoms with E-state index in [4.69, 9.17) is 5.73 Å². The SMILES string of the molecule is CN1C(=O)c2cc([N+](=O)[O-])ccc2SCC1C(N)=O. The molecule has 0 bridgehead atoms. The summed E-state index contributed by atoms with van der Waals surface area (Å²) in [5.41, 5.74) is 5.32. The number of nitrogens with zero attached hydrogens (tertiary/aromatic N) is 2. The van der Waals surface area contributed by atoms with E-state index in [0.29, 0.717) is 10.6 Å². The fraction of sp³-hybridized carbons (Fsp3) is 0.273. The topological polar surface area (TPSA) is 107 Å². The summed E-state index contributed by atoms with van der Waals surface area (Å²) in [6.45, 7) is 0. The molecule has 100 valence electrons. The number of carbonyl (C=O) groups is 2. The zero-order chi connectivity index (χ0) is 14.2. The Labute approximate surface area is 112 Å². The number of benzene rings is 1. The number of carbonyl (C=O) groups excluding carboxylic acids is 2. The van der Waals surface area contributed by atoms with E-state index in [-0.39, 0.29) is 11.3 Å². The van der Waals surface area contributed by atoms with E-state index in [1.807, 2.05) is 0 Å². The first-order valence-electron chi connectivity index (χ1n) is 5.39. The third-order valence-electron chi connectivity index (χ3n) is 2.92. The van der Waals surface area contributed by atoms with E-state index in [0.717, 1.165) is 0 Å². The highest BCUT2D eigenvalue weighted by Gasteiger charge is 2.31. The Hall–Kier alpha value is -2.09. The van der Waals surface area contributed by atoms with E-state index in [9.17, 15) is 19.7 Å². The van der Waals surface area contributed by atoms with Crippen molar-refractivity contribution < 1.29 is 14.5 Å². The average molecular weight is 281 g/mol. The Bertz CT molecular complexity index is 575. The van der Waals surface area contributed by atoms with Crippen molar-refractivity contribution in [1.82, 2.24) is 4.90 Å². The highest BCUT2D eigenvalue weighted by Crippen LogP contribution is 2.31. The maximum atomic E-state index is 12.2. The molecule has 0 spiro atoms. The second-order valence-electron chi connectivity index (χ2n) is 4.08. The lowest BCUT2D eigenvalue weighted by molar-refractivity contribution is -0.384. The van der Waals surface area contributed by atoms with E-state index in [1.54, 1.807) is 0 Å². The van der Waals surface area contributed by atoms with Crippen LogP contribution in [0.3, 0.4) is 0 Å². The number of hydrogen-bond acceptors (Lipinski definition) is 5. The quantitative estimate of drug-likeness (QED) is 0.632. The summed E-state index contributed by atoms with van der Waals surface area (Å²) in [6, 6.07) is 3.37. The Kier molecular flexibility index (Phi) is 3.43. The summed E-state index contributed by atoms with van der Waals surface area (Å²) < 4.78 is 0. The molecule has 0 saturated heterocycles. The number of nitro groups is 1. The van der Waals surface area contributed by atoms with Crippen LogP contribution in [0.15, 0.2) is 23.1 Å². The van der Waals surface area contributed by atoms with Gasteiger partial charge >= 0.3 is 0 Å². The molecule has 0 fully saturated rings. The van der Waals surface area contributed by atoms with E-state index in [2.05, 4.69) is 0 Å². The summed E-state index contributed by atoms with van der Waals surface area (Å²) >= 11 is 1.29. The van der Waals surface area contributed by atoms with Crippen molar-refractivity contribution in [3.8, 4) is 0 Å². The van der Waals surface area contributed by atoms with Gasteiger partial charge in [0, 0.05) is 29.8 Å². The van der Waals surface area contributed by atoms with Crippen molar-refractivity contribution in [2.75, 3.05) is 12.8 Å². The molecule has 2 N–H and O–H groups in total. The van der Waals surface area contributed by atoms with Gasteiger partial charge in [-0.1, -0.05) is 0 Å². The van der Waals surface area contributed by atoms with Gasteiger partial charge in [0.15, 0.2) is 0 Å². The fourth-order valence-corrected chi connectivity index (χ4v) is 3.00. The first-order valence-corrected chi connectivity index (χ1v) is 6.38. The molecule has 1 aromatic rings. The minimum absolute atomic E-state index is 0.154. The van der Waals surface area contributed by atoms with Gasteiger partial charge in [0.25, 0.3) is 11.6 Å². The predicted molar refractivity (Wildman–Crippen MR) is 68.9 cm³/mol. The van der Waals surface area contributed by atoms with Crippen LogP contribution in [-0.4, -0.2) is 40.5 Å². The molecule has 2 rings (SSSR count). The van der Waals surface area contributed by atoms with Crippen LogP contribution in [0.1, 0.15) is 10.4 Å². The summed E-state index contributed by atoms with van der Waals surface area (Å²) in [4.78, 5) is 35.5. The molecule has 2 amide bonds. The number of thioether (sulfide) groups is 1. The van der Waals surface area contributed by atoms with Gasteiger partial charge in [-0.2, -0.15) is 0 Å². The molecule has 8 heteroatoms. The van der Waals surface area contributed by atoms with Crippen molar-refractivity contribution in [3.05, 3.63) is 33.9 Å². The molecule has 1 aromatic carbocycles. The standard InChI is InChI=1S/C11H11N3O4S/c1-13-8(10(12)15)5-19-9-3-2-6(14(17)18)4-7(9)11(13)16/h2-4,8H,5H2,1H3,(H2,12,15). The molecule has 1 unspecified atom stereocenters. The number of primary amides is 1. The summed E-state index contributed by atoms with van der Waals surface area (Å²) in [7, 11) is 1.46. The van der Waals surface area contributed by atoms with Crippen molar-refractivity contribution in [1.29, 1.82) is 0 Å². The van der Waals surface area contributed by atoms with Crippen LogP contribution in [0.25, 0.3) is 0 Å². The maximum absolute atomic E-state index is 12.2. The smallest absolute Gasteiger partial charge is 0.270 e. The number of nitrogens with two attached hydrogens (primary N) is 1. The fourth-order valence-electron chi connectivity index (χ4n) is 1.81. The Morgan fingerprint density at radius 2 is 2.26 bits per heavy atom. The number of nitro benzene ring substituents is 1. The van der Waals surface area contributed by atoms with Gasteiger partial charge in [-0.3, -0.25) is 19.7 Å². The highest BCUT2D eigenvalue weighted by atomic mass is 32.2. The van der Waals surface area contributed by atoms with Gasteiger partial charge in [-0.15, -0.1) is 11.8 Å². The van der Waals surface area contributed by atoms with Crippen molar-refractivity contribution in [3.63, 3.8) is 0 Å². The van der Waals surface area contributed by atoms with Gasteiger partial charge in [0.1, 0.15) is 6.04 Å². The van der Waals surface area contributed by atoms with Crippen LogP contribution in [0.5, 0.6) is 0 Å². The van der Waals surface area contributed by atoms with Crippen LogP contribution in [0.2, 0.25) is 0 Å². The van der Waals surface area contributed by atoms with E-state index in [1.165, 1.54) is 41.9 Å². The van der Waals surface area contributed by atoms with Gasteiger partial charge in [-0.05, 0) is 6.07 Å². The molecule has 0 radical (unpaired) electrons. The van der Waals surface area contributed by atoms with Crippen LogP contribution < -0.4 is 5.73 Å². The average Bonchev–Trinajstić information content (AvgIpc) is 2.48. The number of rotatable bonds is 2. The third kappa shape index (κ3) is 2.39. The minimum atomic E-state index is -0.719. The number of amides is 2. The molecule has 1 aliphatic heterocycles. The summed E-state index contributed by atoms with van der Waals surface area (Å²) in [5, 5.41) is 10.7. The van der Waals surface area contributed by atoms with Crippen molar-refractivity contribution in [2.24, 2.45) is 5.73 Å². The monoisotopic (exact) mass is 281 g/mol. The molecule has 19 heavy (non-hydrogen) atoms. The third-order valence-corrected chi connectivity index (χ3v) is 4.07. The Balaban J connectivity index is 2.47. The number of non-ortho nitro benzene ring substituents is 1. The molecule has 1 aliphatic rings. The van der Waals surface area contributed by atoms with Gasteiger partial charge in [0.2, 0.25) is 5.91 Å². The Morgan fingerprint density at radius 1 is 1.58 bits per heavy atom. The molecule has 1 heterocycles. The number of likely N-dealkylation sites (N-methyl/N-ethyl adjacent to an activating group) is 1. The largest absolute Gasteiger partial charge is 0.368 e. The van der Waals surface area contributed by atoms with Crippen molar-refractivity contribution >= 4 is 29.3 Å². The molecule has 1 atom stereocenters. The second kappa shape index (κ2) is 4.88. The summed E-state index contributed by atoms with van der Waals surface area (Å²) in [5.74, 6) is -0.694. The van der Waals surface area contributed by atoms with Crippen molar-refractivity contribution in [2.45, 2.75) is 10.9 Å². The summed E-state index contributed by atoms with van der Waals surface area (Å²) in [6.07, 6.45) is 0. The molecular weight excluding hydrogens is 270 g/mol. The van der Waals surface area contributed by atoms with E-state index >= 15 is 0 Å². The van der Waals surface area contributed by atoms with Crippen LogP contribution in [-0.2, 0) is 4.79 Å². The Morgan fingerprint density at radius 3 is 2.84 bits per heavy atom. The van der Waals surface area contributed by atoms with Crippen LogP contribution >= 0.6 is 11.8 Å². The number of fused-ring (bicyclic) bond motifs is 1. The molecular formula is C11H11N3O4S. The molecule has 0 aliphatic carbocycles. The predicted octanol–water partition coefficient (Wildman–Crippen LogP) is 0.626. The van der Waals surface area contributed by atoms with Gasteiger partial charge in [0.05, 0.1) is 10.5 Å². The first kappa shape index (κ1) is 13.3. The first-order chi connectivity index (χ1) is 8.91. The lowest BCUT2D eigenvalue weighted by Gasteiger charge is -2.22. The molecule has 0 aromatic heterocycles. The van der Waals surface area contributed by atoms with Crippen LogP contribution in [0.4, 0.5) is 5.69 Å². The zero-order valence-electron chi connectivity index (χ0n) is 10.0. The normalized spacial score (nSPS) is 18.7. The van der Waals surface area contributed by atoms with E-state index < -0.39 is 22.8 Å². The second-order valence-corrected chi connectivity index (χ2v) is 5.14. The maximum Gasteiger partial charge on any atom is 0.270 e.